The standard InChI is InChI=1S/C15H16ClNO2/c1-18-8-9-19-15-5-3-2-4-12(15)11-6-7-13(16)14(17)10-11/h2-7,10H,8-9,17H2,1H3. The minimum atomic E-state index is 0.511. The molecule has 0 saturated carbocycles. The quantitative estimate of drug-likeness (QED) is 0.671. The minimum Gasteiger partial charge on any atom is -0.491 e. The van der Waals surface area contributed by atoms with E-state index in [0.29, 0.717) is 23.9 Å². The highest BCUT2D eigenvalue weighted by atomic mass is 35.5. The van der Waals surface area contributed by atoms with Gasteiger partial charge in [0, 0.05) is 12.7 Å². The Morgan fingerprint density at radius 3 is 2.63 bits per heavy atom. The number of nitrogen functional groups attached to an aromatic ring is 1. The summed E-state index contributed by atoms with van der Waals surface area (Å²) in [5.41, 5.74) is 8.37. The molecule has 0 fully saturated rings. The van der Waals surface area contributed by atoms with Crippen LogP contribution in [-0.4, -0.2) is 20.3 Å². The second kappa shape index (κ2) is 6.45. The van der Waals surface area contributed by atoms with Gasteiger partial charge in [0.15, 0.2) is 0 Å². The smallest absolute Gasteiger partial charge is 0.127 e. The van der Waals surface area contributed by atoms with Crippen LogP contribution >= 0.6 is 11.6 Å². The topological polar surface area (TPSA) is 44.5 Å². The van der Waals surface area contributed by atoms with E-state index in [4.69, 9.17) is 26.8 Å². The zero-order valence-corrected chi connectivity index (χ0v) is 11.5. The number of ether oxygens (including phenoxy) is 2. The van der Waals surface area contributed by atoms with Gasteiger partial charge in [-0.15, -0.1) is 0 Å². The SMILES string of the molecule is COCCOc1ccccc1-c1ccc(Cl)c(N)c1. The first kappa shape index (κ1) is 13.7. The predicted octanol–water partition coefficient (Wildman–Crippen LogP) is 3.61. The van der Waals surface area contributed by atoms with Gasteiger partial charge in [-0.05, 0) is 23.8 Å². The second-order valence-corrected chi connectivity index (χ2v) is 4.48. The minimum absolute atomic E-state index is 0.511. The van der Waals surface area contributed by atoms with E-state index in [-0.39, 0.29) is 0 Å². The molecule has 4 heteroatoms. The summed E-state index contributed by atoms with van der Waals surface area (Å²) in [5.74, 6) is 0.807. The third-order valence-corrected chi connectivity index (χ3v) is 3.08. The molecule has 3 nitrogen and oxygen atoms in total. The van der Waals surface area contributed by atoms with Crippen molar-refractivity contribution in [1.29, 1.82) is 0 Å². The van der Waals surface area contributed by atoms with Crippen molar-refractivity contribution >= 4 is 17.3 Å². The van der Waals surface area contributed by atoms with Crippen molar-refractivity contribution in [1.82, 2.24) is 0 Å². The number of nitrogens with two attached hydrogens (primary N) is 1. The number of hydrogen-bond acceptors (Lipinski definition) is 3. The lowest BCUT2D eigenvalue weighted by Gasteiger charge is -2.12. The van der Waals surface area contributed by atoms with Crippen molar-refractivity contribution in [3.63, 3.8) is 0 Å². The average molecular weight is 278 g/mol. The fourth-order valence-electron chi connectivity index (χ4n) is 1.78. The zero-order valence-electron chi connectivity index (χ0n) is 10.7. The number of methoxy groups -OCH3 is 1. The summed E-state index contributed by atoms with van der Waals surface area (Å²) < 4.78 is 10.7. The molecule has 0 unspecified atom stereocenters. The Kier molecular flexibility index (Phi) is 4.66. The van der Waals surface area contributed by atoms with Crippen LogP contribution < -0.4 is 10.5 Å². The molecule has 0 radical (unpaired) electrons. The molecule has 0 aromatic heterocycles. The largest absolute Gasteiger partial charge is 0.491 e. The molecule has 2 rings (SSSR count). The first-order valence-electron chi connectivity index (χ1n) is 5.98. The molecule has 0 atom stereocenters. The summed E-state index contributed by atoms with van der Waals surface area (Å²) in [7, 11) is 1.65. The number of rotatable bonds is 5. The molecule has 2 aromatic rings. The molecule has 0 saturated heterocycles. The van der Waals surface area contributed by atoms with Crippen LogP contribution in [0.4, 0.5) is 5.69 Å². The van der Waals surface area contributed by atoms with Gasteiger partial charge in [-0.1, -0.05) is 35.9 Å². The van der Waals surface area contributed by atoms with Crippen LogP contribution in [0, 0.1) is 0 Å². The maximum absolute atomic E-state index is 5.94. The Balaban J connectivity index is 2.30. The third kappa shape index (κ3) is 3.40. The monoisotopic (exact) mass is 277 g/mol. The highest BCUT2D eigenvalue weighted by Crippen LogP contribution is 2.32. The van der Waals surface area contributed by atoms with Crippen LogP contribution in [0.2, 0.25) is 5.02 Å². The van der Waals surface area contributed by atoms with Crippen LogP contribution in [0.3, 0.4) is 0 Å². The number of anilines is 1. The van der Waals surface area contributed by atoms with Gasteiger partial charge in [-0.25, -0.2) is 0 Å². The van der Waals surface area contributed by atoms with Crippen LogP contribution in [-0.2, 0) is 4.74 Å². The molecular weight excluding hydrogens is 262 g/mol. The number of benzene rings is 2. The van der Waals surface area contributed by atoms with Crippen LogP contribution in [0.5, 0.6) is 5.75 Å². The molecular formula is C15H16ClNO2. The highest BCUT2D eigenvalue weighted by molar-refractivity contribution is 6.33. The van der Waals surface area contributed by atoms with Crippen molar-refractivity contribution < 1.29 is 9.47 Å². The molecule has 100 valence electrons. The normalized spacial score (nSPS) is 10.4. The van der Waals surface area contributed by atoms with Crippen LogP contribution in [0.1, 0.15) is 0 Å². The van der Waals surface area contributed by atoms with Crippen molar-refractivity contribution in [2.45, 2.75) is 0 Å². The van der Waals surface area contributed by atoms with E-state index in [1.807, 2.05) is 36.4 Å². The summed E-state index contributed by atoms with van der Waals surface area (Å²) in [5, 5.41) is 0.557. The Bertz CT molecular complexity index is 558. The summed E-state index contributed by atoms with van der Waals surface area (Å²) in [4.78, 5) is 0. The van der Waals surface area contributed by atoms with Crippen LogP contribution in [0.15, 0.2) is 42.5 Å². The number of halogens is 1. The molecule has 0 bridgehead atoms. The number of para-hydroxylation sites is 1. The van der Waals surface area contributed by atoms with E-state index >= 15 is 0 Å². The lowest BCUT2D eigenvalue weighted by molar-refractivity contribution is 0.146. The predicted molar refractivity (Wildman–Crippen MR) is 78.7 cm³/mol. The van der Waals surface area contributed by atoms with Gasteiger partial charge in [0.1, 0.15) is 12.4 Å². The maximum Gasteiger partial charge on any atom is 0.127 e. The van der Waals surface area contributed by atoms with Gasteiger partial charge < -0.3 is 15.2 Å². The van der Waals surface area contributed by atoms with E-state index in [2.05, 4.69) is 0 Å². The van der Waals surface area contributed by atoms with E-state index in [0.717, 1.165) is 16.9 Å². The first-order valence-corrected chi connectivity index (χ1v) is 6.36. The van der Waals surface area contributed by atoms with Gasteiger partial charge in [-0.2, -0.15) is 0 Å². The Morgan fingerprint density at radius 2 is 1.89 bits per heavy atom. The van der Waals surface area contributed by atoms with E-state index < -0.39 is 0 Å². The summed E-state index contributed by atoms with van der Waals surface area (Å²) in [6, 6.07) is 13.4. The summed E-state index contributed by atoms with van der Waals surface area (Å²) in [6.07, 6.45) is 0. The Morgan fingerprint density at radius 1 is 1.11 bits per heavy atom. The van der Waals surface area contributed by atoms with Gasteiger partial charge in [-0.3, -0.25) is 0 Å². The fraction of sp³-hybridized carbons (Fsp3) is 0.200. The molecule has 0 aliphatic rings. The molecule has 0 heterocycles. The number of hydrogen-bond donors (Lipinski definition) is 1. The fourth-order valence-corrected chi connectivity index (χ4v) is 1.89. The first-order chi connectivity index (χ1) is 9.22. The molecule has 0 spiro atoms. The molecule has 0 amide bonds. The van der Waals surface area contributed by atoms with Gasteiger partial charge >= 0.3 is 0 Å². The Hall–Kier alpha value is -1.71. The second-order valence-electron chi connectivity index (χ2n) is 4.07. The van der Waals surface area contributed by atoms with Crippen molar-refractivity contribution in [2.24, 2.45) is 0 Å². The lowest BCUT2D eigenvalue weighted by atomic mass is 10.0. The van der Waals surface area contributed by atoms with E-state index in [9.17, 15) is 0 Å². The van der Waals surface area contributed by atoms with Crippen molar-refractivity contribution in [3.05, 3.63) is 47.5 Å². The average Bonchev–Trinajstić information content (AvgIpc) is 2.43. The van der Waals surface area contributed by atoms with E-state index in [1.165, 1.54) is 0 Å². The summed E-state index contributed by atoms with van der Waals surface area (Å²) >= 11 is 5.94. The van der Waals surface area contributed by atoms with E-state index in [1.54, 1.807) is 13.2 Å². The Labute approximate surface area is 117 Å². The van der Waals surface area contributed by atoms with Crippen LogP contribution in [0.25, 0.3) is 11.1 Å². The summed E-state index contributed by atoms with van der Waals surface area (Å²) in [6.45, 7) is 1.06. The van der Waals surface area contributed by atoms with Gasteiger partial charge in [0.05, 0.1) is 17.3 Å². The highest BCUT2D eigenvalue weighted by Gasteiger charge is 2.07. The molecule has 2 aromatic carbocycles. The van der Waals surface area contributed by atoms with Crippen molar-refractivity contribution in [2.75, 3.05) is 26.1 Å². The zero-order chi connectivity index (χ0) is 13.7. The molecule has 19 heavy (non-hydrogen) atoms. The van der Waals surface area contributed by atoms with Gasteiger partial charge in [0.2, 0.25) is 0 Å². The molecule has 2 N–H and O–H groups in total. The third-order valence-electron chi connectivity index (χ3n) is 2.74. The lowest BCUT2D eigenvalue weighted by Crippen LogP contribution is -2.05. The maximum atomic E-state index is 5.94. The molecule has 0 aliphatic heterocycles. The van der Waals surface area contributed by atoms with Gasteiger partial charge in [0.25, 0.3) is 0 Å². The van der Waals surface area contributed by atoms with Crippen molar-refractivity contribution in [3.8, 4) is 16.9 Å². The molecule has 0 aliphatic carbocycles.